The van der Waals surface area contributed by atoms with E-state index in [9.17, 15) is 24.9 Å². The van der Waals surface area contributed by atoms with Gasteiger partial charge in [-0.25, -0.2) is 4.79 Å². The summed E-state index contributed by atoms with van der Waals surface area (Å²) in [7, 11) is 0. The van der Waals surface area contributed by atoms with Crippen molar-refractivity contribution in [2.45, 2.75) is 109 Å². The van der Waals surface area contributed by atoms with E-state index in [4.69, 9.17) is 4.74 Å². The molecule has 31 heavy (non-hydrogen) atoms. The molecule has 1 heterocycles. The minimum absolute atomic E-state index is 0.252. The predicted octanol–water partition coefficient (Wildman–Crippen LogP) is 5.18. The van der Waals surface area contributed by atoms with Gasteiger partial charge in [0.25, 0.3) is 0 Å². The fourth-order valence-electron chi connectivity index (χ4n) is 3.41. The average molecular weight is 441 g/mol. The Morgan fingerprint density at radius 3 is 2.06 bits per heavy atom. The quantitative estimate of drug-likeness (QED) is 0.153. The molecule has 7 nitrogen and oxygen atoms in total. The average Bonchev–Trinajstić information content (AvgIpc) is 3.02. The van der Waals surface area contributed by atoms with Crippen molar-refractivity contribution in [2.24, 2.45) is 0 Å². The van der Waals surface area contributed by atoms with Crippen LogP contribution in [0.2, 0.25) is 0 Å². The van der Waals surface area contributed by atoms with E-state index >= 15 is 0 Å². The Hall–Kier alpha value is -2.02. The predicted molar refractivity (Wildman–Crippen MR) is 119 cm³/mol. The van der Waals surface area contributed by atoms with Gasteiger partial charge in [0, 0.05) is 6.42 Å². The van der Waals surface area contributed by atoms with Crippen LogP contribution < -0.4 is 0 Å². The Morgan fingerprint density at radius 1 is 0.968 bits per heavy atom. The summed E-state index contributed by atoms with van der Waals surface area (Å²) < 4.78 is 9.56. The third kappa shape index (κ3) is 11.8. The van der Waals surface area contributed by atoms with Gasteiger partial charge in [0.1, 0.15) is 12.7 Å². The maximum atomic E-state index is 11.7. The van der Waals surface area contributed by atoms with Crippen molar-refractivity contribution in [3.63, 3.8) is 0 Å². The maximum Gasteiger partial charge on any atom is 0.377 e. The second-order valence-electron chi connectivity index (χ2n) is 8.14. The summed E-state index contributed by atoms with van der Waals surface area (Å²) in [6.07, 6.45) is 17.3. The fraction of sp³-hybridized carbons (Fsp3) is 0.750. The summed E-state index contributed by atoms with van der Waals surface area (Å²) in [5, 5.41) is 28.5. The van der Waals surface area contributed by atoms with Crippen molar-refractivity contribution < 1.29 is 34.4 Å². The SMILES string of the molecule is CCCCCCCCC=CCCCCCCCC(=O)OCC(O)C1OC(=O)C(O)=C1O. The Labute approximate surface area is 186 Å². The highest BCUT2D eigenvalue weighted by Crippen LogP contribution is 2.21. The largest absolute Gasteiger partial charge is 0.505 e. The summed E-state index contributed by atoms with van der Waals surface area (Å²) in [5.41, 5.74) is 0. The number of hydrogen-bond donors (Lipinski definition) is 3. The van der Waals surface area contributed by atoms with Crippen LogP contribution in [0.3, 0.4) is 0 Å². The lowest BCUT2D eigenvalue weighted by Crippen LogP contribution is -2.33. The van der Waals surface area contributed by atoms with Crippen molar-refractivity contribution in [1.29, 1.82) is 0 Å². The zero-order chi connectivity index (χ0) is 22.9. The number of carbonyl (C=O) groups is 2. The lowest BCUT2D eigenvalue weighted by molar-refractivity contribution is -0.154. The van der Waals surface area contributed by atoms with Gasteiger partial charge < -0.3 is 24.8 Å². The molecule has 0 aromatic carbocycles. The molecule has 0 saturated carbocycles. The number of aliphatic hydroxyl groups is 3. The molecule has 2 atom stereocenters. The van der Waals surface area contributed by atoms with Gasteiger partial charge in [0.15, 0.2) is 11.9 Å². The molecule has 0 amide bonds. The van der Waals surface area contributed by atoms with Gasteiger partial charge in [0.2, 0.25) is 5.76 Å². The molecule has 0 saturated heterocycles. The lowest BCUT2D eigenvalue weighted by atomic mass is 10.1. The second-order valence-corrected chi connectivity index (χ2v) is 8.14. The van der Waals surface area contributed by atoms with Crippen LogP contribution in [0.4, 0.5) is 0 Å². The zero-order valence-electron chi connectivity index (χ0n) is 18.9. The number of cyclic esters (lactones) is 1. The van der Waals surface area contributed by atoms with Crippen molar-refractivity contribution in [2.75, 3.05) is 6.61 Å². The van der Waals surface area contributed by atoms with Crippen LogP contribution in [-0.4, -0.2) is 46.1 Å². The van der Waals surface area contributed by atoms with E-state index in [2.05, 4.69) is 23.8 Å². The summed E-state index contributed by atoms with van der Waals surface area (Å²) in [6, 6.07) is 0. The molecule has 0 radical (unpaired) electrons. The zero-order valence-corrected chi connectivity index (χ0v) is 18.9. The van der Waals surface area contributed by atoms with Crippen LogP contribution >= 0.6 is 0 Å². The van der Waals surface area contributed by atoms with Crippen LogP contribution in [0.5, 0.6) is 0 Å². The Morgan fingerprint density at radius 2 is 1.52 bits per heavy atom. The number of carbonyl (C=O) groups excluding carboxylic acids is 2. The highest BCUT2D eigenvalue weighted by Gasteiger charge is 2.39. The summed E-state index contributed by atoms with van der Waals surface area (Å²) >= 11 is 0. The van der Waals surface area contributed by atoms with E-state index in [1.807, 2.05) is 0 Å². The molecule has 1 aliphatic rings. The van der Waals surface area contributed by atoms with E-state index in [0.717, 1.165) is 32.1 Å². The van der Waals surface area contributed by atoms with Crippen LogP contribution in [0.25, 0.3) is 0 Å². The molecular weight excluding hydrogens is 400 g/mol. The van der Waals surface area contributed by atoms with Crippen molar-refractivity contribution >= 4 is 11.9 Å². The van der Waals surface area contributed by atoms with Crippen LogP contribution in [0.15, 0.2) is 23.7 Å². The minimum atomic E-state index is -1.42. The first-order valence-corrected chi connectivity index (χ1v) is 11.8. The summed E-state index contributed by atoms with van der Waals surface area (Å²) in [6.45, 7) is 1.82. The van der Waals surface area contributed by atoms with Gasteiger partial charge >= 0.3 is 11.9 Å². The monoisotopic (exact) mass is 440 g/mol. The topological polar surface area (TPSA) is 113 Å². The fourth-order valence-corrected chi connectivity index (χ4v) is 3.41. The smallest absolute Gasteiger partial charge is 0.377 e. The van der Waals surface area contributed by atoms with Crippen LogP contribution in [-0.2, 0) is 19.1 Å². The van der Waals surface area contributed by atoms with E-state index in [1.54, 1.807) is 0 Å². The van der Waals surface area contributed by atoms with Gasteiger partial charge in [-0.05, 0) is 32.1 Å². The molecule has 178 valence electrons. The van der Waals surface area contributed by atoms with Gasteiger partial charge in [-0.3, -0.25) is 4.79 Å². The van der Waals surface area contributed by atoms with E-state index < -0.39 is 42.3 Å². The minimum Gasteiger partial charge on any atom is -0.505 e. The molecule has 3 N–H and O–H groups in total. The number of hydrogen-bond acceptors (Lipinski definition) is 7. The van der Waals surface area contributed by atoms with Gasteiger partial charge in [-0.2, -0.15) is 0 Å². The van der Waals surface area contributed by atoms with Crippen molar-refractivity contribution in [1.82, 2.24) is 0 Å². The lowest BCUT2D eigenvalue weighted by Gasteiger charge is -2.17. The number of rotatable bonds is 18. The summed E-state index contributed by atoms with van der Waals surface area (Å²) in [5.74, 6) is -3.23. The molecule has 2 unspecified atom stereocenters. The molecule has 1 aliphatic heterocycles. The molecule has 0 aromatic heterocycles. The number of allylic oxidation sites excluding steroid dienone is 2. The molecule has 0 spiro atoms. The molecule has 0 aromatic rings. The van der Waals surface area contributed by atoms with E-state index in [1.165, 1.54) is 44.9 Å². The Balaban J connectivity index is 1.93. The Bertz CT molecular complexity index is 582. The number of ether oxygens (including phenoxy) is 2. The number of unbranched alkanes of at least 4 members (excludes halogenated alkanes) is 11. The summed E-state index contributed by atoms with van der Waals surface area (Å²) in [4.78, 5) is 22.8. The van der Waals surface area contributed by atoms with Gasteiger partial charge in [-0.1, -0.05) is 70.4 Å². The van der Waals surface area contributed by atoms with Gasteiger partial charge in [0.05, 0.1) is 0 Å². The van der Waals surface area contributed by atoms with Crippen LogP contribution in [0, 0.1) is 0 Å². The molecule has 0 fully saturated rings. The maximum absolute atomic E-state index is 11.7. The number of esters is 2. The molecular formula is C24H40O7. The highest BCUT2D eigenvalue weighted by atomic mass is 16.6. The standard InChI is InChI=1S/C24H40O7/c1-2-3-4-5-6-7-8-9-10-11-12-13-14-15-16-17-20(26)30-18-19(25)23-21(27)22(28)24(29)31-23/h9-10,19,23,25,27-28H,2-8,11-18H2,1H3. The molecule has 0 bridgehead atoms. The third-order valence-electron chi connectivity index (χ3n) is 5.35. The first-order chi connectivity index (χ1) is 15.0. The van der Waals surface area contributed by atoms with Crippen molar-refractivity contribution in [3.8, 4) is 0 Å². The third-order valence-corrected chi connectivity index (χ3v) is 5.35. The second kappa shape index (κ2) is 16.6. The van der Waals surface area contributed by atoms with E-state index in [-0.39, 0.29) is 6.42 Å². The molecule has 1 rings (SSSR count). The van der Waals surface area contributed by atoms with E-state index in [0.29, 0.717) is 6.42 Å². The Kier molecular flexibility index (Phi) is 14.5. The molecule has 7 heteroatoms. The van der Waals surface area contributed by atoms with Crippen molar-refractivity contribution in [3.05, 3.63) is 23.7 Å². The first kappa shape index (κ1) is 27.0. The van der Waals surface area contributed by atoms with Gasteiger partial charge in [-0.15, -0.1) is 0 Å². The van der Waals surface area contributed by atoms with Crippen LogP contribution in [0.1, 0.15) is 96.8 Å². The number of aliphatic hydroxyl groups excluding tert-OH is 3. The normalized spacial score (nSPS) is 17.4. The highest BCUT2D eigenvalue weighted by molar-refractivity contribution is 5.89. The first-order valence-electron chi connectivity index (χ1n) is 11.8. The molecule has 0 aliphatic carbocycles.